The fourth-order valence-electron chi connectivity index (χ4n) is 1.94. The number of rotatable bonds is 3. The number of fused-ring (bicyclic) bond motifs is 1. The first-order chi connectivity index (χ1) is 11.3. The molecular weight excluding hydrogens is 393 g/mol. The zero-order chi connectivity index (χ0) is 17.5. The fraction of sp³-hybridized carbons (Fsp3) is 0.143. The fourth-order valence-corrected chi connectivity index (χ4v) is 2.28. The molecule has 0 fully saturated rings. The van der Waals surface area contributed by atoms with E-state index in [0.29, 0.717) is 22.0 Å². The minimum absolute atomic E-state index is 0.000304. The van der Waals surface area contributed by atoms with Gasteiger partial charge in [-0.3, -0.25) is 4.79 Å². The number of hydrogen-bond donors (Lipinski definition) is 0. The third-order valence-corrected chi connectivity index (χ3v) is 3.70. The molecule has 0 unspecified atom stereocenters. The Hall–Kier alpha value is -2.49. The van der Waals surface area contributed by atoms with Crippen molar-refractivity contribution in [2.75, 3.05) is 0 Å². The van der Waals surface area contributed by atoms with Gasteiger partial charge >= 0.3 is 6.18 Å². The van der Waals surface area contributed by atoms with Crippen molar-refractivity contribution in [1.29, 1.82) is 0 Å². The summed E-state index contributed by atoms with van der Waals surface area (Å²) in [4.78, 5) is 18.2. The van der Waals surface area contributed by atoms with Gasteiger partial charge in [-0.05, 0) is 25.1 Å². The summed E-state index contributed by atoms with van der Waals surface area (Å²) in [5, 5.41) is 3.40. The summed E-state index contributed by atoms with van der Waals surface area (Å²) in [7, 11) is 0. The molecule has 1 aromatic carbocycles. The zero-order valence-corrected chi connectivity index (χ0v) is 13.6. The van der Waals surface area contributed by atoms with Crippen LogP contribution in [-0.2, 0) is 6.18 Å². The number of carbonyl (C=O) groups excluding carboxylic acids is 1. The normalized spacial score (nSPS) is 11.7. The van der Waals surface area contributed by atoms with Crippen molar-refractivity contribution in [2.45, 2.75) is 13.1 Å². The Morgan fingerprint density at radius 3 is 2.67 bits per heavy atom. The number of aromatic nitrogens is 4. The first-order valence-corrected chi connectivity index (χ1v) is 7.31. The summed E-state index contributed by atoms with van der Waals surface area (Å²) in [6.45, 7) is 1.59. The standard InChI is InChI=1S/C14H8BrF3N4O2/c1-7-4-11(24-9-2-3-10(15)8(5-9)6-23)22-13(19-7)20-12(21-22)14(16,17)18/h2-6H,1H3. The van der Waals surface area contributed by atoms with Crippen molar-refractivity contribution < 1.29 is 22.7 Å². The predicted molar refractivity (Wildman–Crippen MR) is 80.1 cm³/mol. The van der Waals surface area contributed by atoms with Crippen LogP contribution < -0.4 is 4.74 Å². The molecule has 3 aromatic rings. The molecule has 0 N–H and O–H groups in total. The van der Waals surface area contributed by atoms with Crippen molar-refractivity contribution in [3.8, 4) is 11.6 Å². The average Bonchev–Trinajstić information content (AvgIpc) is 2.93. The van der Waals surface area contributed by atoms with Crippen molar-refractivity contribution in [3.05, 3.63) is 45.8 Å². The van der Waals surface area contributed by atoms with E-state index in [1.54, 1.807) is 19.1 Å². The van der Waals surface area contributed by atoms with E-state index in [1.165, 1.54) is 12.1 Å². The van der Waals surface area contributed by atoms with Crippen molar-refractivity contribution >= 4 is 28.0 Å². The number of hydrogen-bond acceptors (Lipinski definition) is 5. The van der Waals surface area contributed by atoms with E-state index in [2.05, 4.69) is 31.0 Å². The van der Waals surface area contributed by atoms with Crippen LogP contribution in [0, 0.1) is 6.92 Å². The Kier molecular flexibility index (Phi) is 3.99. The molecule has 0 saturated carbocycles. The van der Waals surface area contributed by atoms with Gasteiger partial charge in [0.05, 0.1) is 0 Å². The Morgan fingerprint density at radius 1 is 1.25 bits per heavy atom. The van der Waals surface area contributed by atoms with Crippen molar-refractivity contribution in [2.24, 2.45) is 0 Å². The largest absolute Gasteiger partial charge is 0.453 e. The molecule has 0 spiro atoms. The Morgan fingerprint density at radius 2 is 2.00 bits per heavy atom. The number of aldehydes is 1. The van der Waals surface area contributed by atoms with E-state index >= 15 is 0 Å². The third-order valence-electron chi connectivity index (χ3n) is 2.98. The molecule has 2 heterocycles. The summed E-state index contributed by atoms with van der Waals surface area (Å²) in [5.74, 6) is -1.28. The van der Waals surface area contributed by atoms with E-state index in [1.807, 2.05) is 0 Å². The second-order valence-electron chi connectivity index (χ2n) is 4.78. The molecule has 0 radical (unpaired) electrons. The van der Waals surface area contributed by atoms with Gasteiger partial charge < -0.3 is 4.74 Å². The van der Waals surface area contributed by atoms with Gasteiger partial charge in [0.1, 0.15) is 5.75 Å². The van der Waals surface area contributed by atoms with Crippen LogP contribution in [0.1, 0.15) is 21.9 Å². The highest BCUT2D eigenvalue weighted by atomic mass is 79.9. The maximum atomic E-state index is 12.8. The number of ether oxygens (including phenoxy) is 1. The molecular formula is C14H8BrF3N4O2. The molecule has 24 heavy (non-hydrogen) atoms. The SMILES string of the molecule is Cc1cc(Oc2ccc(Br)c(C=O)c2)n2nc(C(F)(F)F)nc2n1. The lowest BCUT2D eigenvalue weighted by molar-refractivity contribution is -0.144. The highest BCUT2D eigenvalue weighted by Crippen LogP contribution is 2.29. The van der Waals surface area contributed by atoms with Crippen LogP contribution in [0.25, 0.3) is 5.78 Å². The molecule has 124 valence electrons. The number of carbonyl (C=O) groups is 1. The topological polar surface area (TPSA) is 69.4 Å². The van der Waals surface area contributed by atoms with Crippen molar-refractivity contribution in [3.63, 3.8) is 0 Å². The maximum absolute atomic E-state index is 12.8. The second kappa shape index (κ2) is 5.86. The molecule has 0 saturated heterocycles. The Labute approximate surface area is 141 Å². The molecule has 2 aromatic heterocycles. The number of benzene rings is 1. The van der Waals surface area contributed by atoms with Gasteiger partial charge in [-0.2, -0.15) is 22.7 Å². The van der Waals surface area contributed by atoms with E-state index in [4.69, 9.17) is 4.74 Å². The first-order valence-electron chi connectivity index (χ1n) is 6.52. The van der Waals surface area contributed by atoms with Crippen molar-refractivity contribution in [1.82, 2.24) is 19.6 Å². The van der Waals surface area contributed by atoms with Gasteiger partial charge in [0.25, 0.3) is 11.6 Å². The van der Waals surface area contributed by atoms with Crippen LogP contribution in [0.3, 0.4) is 0 Å². The number of halogens is 4. The van der Waals surface area contributed by atoms with Crippen LogP contribution in [-0.4, -0.2) is 25.9 Å². The van der Waals surface area contributed by atoms with Crippen LogP contribution in [0.4, 0.5) is 13.2 Å². The molecule has 0 aliphatic carbocycles. The summed E-state index contributed by atoms with van der Waals surface area (Å²) in [6.07, 6.45) is -4.07. The Bertz CT molecular complexity index is 940. The molecule has 3 rings (SSSR count). The van der Waals surface area contributed by atoms with E-state index in [9.17, 15) is 18.0 Å². The molecule has 0 aliphatic heterocycles. The van der Waals surface area contributed by atoms with Gasteiger partial charge in [-0.25, -0.2) is 4.98 Å². The van der Waals surface area contributed by atoms with Crippen LogP contribution >= 0.6 is 15.9 Å². The van der Waals surface area contributed by atoms with E-state index in [0.717, 1.165) is 4.52 Å². The third kappa shape index (κ3) is 3.09. The van der Waals surface area contributed by atoms with E-state index in [-0.39, 0.29) is 17.4 Å². The predicted octanol–water partition coefficient (Wildman–Crippen LogP) is 3.82. The van der Waals surface area contributed by atoms with Gasteiger partial charge in [0, 0.05) is 21.8 Å². The minimum atomic E-state index is -4.69. The maximum Gasteiger partial charge on any atom is 0.453 e. The summed E-state index contributed by atoms with van der Waals surface area (Å²) in [5.41, 5.74) is 0.746. The molecule has 6 nitrogen and oxygen atoms in total. The molecule has 0 aliphatic rings. The van der Waals surface area contributed by atoms with Gasteiger partial charge in [-0.1, -0.05) is 15.9 Å². The minimum Gasteiger partial charge on any atom is -0.439 e. The lowest BCUT2D eigenvalue weighted by atomic mass is 10.2. The second-order valence-corrected chi connectivity index (χ2v) is 5.64. The summed E-state index contributed by atoms with van der Waals surface area (Å²) in [6, 6.07) is 6.01. The average molecular weight is 401 g/mol. The number of aryl methyl sites for hydroxylation is 1. The van der Waals surface area contributed by atoms with Crippen LogP contribution in [0.15, 0.2) is 28.7 Å². The van der Waals surface area contributed by atoms with Crippen LogP contribution in [0.2, 0.25) is 0 Å². The summed E-state index contributed by atoms with van der Waals surface area (Å²) >= 11 is 3.20. The molecule has 0 amide bonds. The lowest BCUT2D eigenvalue weighted by Gasteiger charge is -2.08. The van der Waals surface area contributed by atoms with Gasteiger partial charge in [0.2, 0.25) is 5.88 Å². The zero-order valence-electron chi connectivity index (χ0n) is 12.0. The number of nitrogens with zero attached hydrogens (tertiary/aromatic N) is 4. The number of alkyl halides is 3. The molecule has 10 heteroatoms. The van der Waals surface area contributed by atoms with E-state index < -0.39 is 12.0 Å². The summed E-state index contributed by atoms with van der Waals surface area (Å²) < 4.78 is 45.3. The highest BCUT2D eigenvalue weighted by molar-refractivity contribution is 9.10. The monoisotopic (exact) mass is 400 g/mol. The van der Waals surface area contributed by atoms with Crippen LogP contribution in [0.5, 0.6) is 11.6 Å². The Balaban J connectivity index is 2.08. The molecule has 0 bridgehead atoms. The highest BCUT2D eigenvalue weighted by Gasteiger charge is 2.37. The first kappa shape index (κ1) is 16.4. The quantitative estimate of drug-likeness (QED) is 0.625. The lowest BCUT2D eigenvalue weighted by Crippen LogP contribution is -2.07. The smallest absolute Gasteiger partial charge is 0.439 e. The molecule has 0 atom stereocenters. The van der Waals surface area contributed by atoms with Gasteiger partial charge in [0.15, 0.2) is 6.29 Å². The van der Waals surface area contributed by atoms with Gasteiger partial charge in [-0.15, -0.1) is 5.10 Å².